The van der Waals surface area contributed by atoms with Gasteiger partial charge in [-0.1, -0.05) is 35.9 Å². The number of carbonyl (C=O) groups excluding carboxylic acids is 1. The molecule has 0 saturated heterocycles. The Morgan fingerprint density at radius 3 is 2.62 bits per heavy atom. The van der Waals surface area contributed by atoms with Crippen molar-refractivity contribution in [3.8, 4) is 0 Å². The summed E-state index contributed by atoms with van der Waals surface area (Å²) in [4.78, 5) is 12.0. The third kappa shape index (κ3) is 2.82. The quantitative estimate of drug-likeness (QED) is 0.837. The van der Waals surface area contributed by atoms with Gasteiger partial charge < -0.3 is 5.73 Å². The Bertz CT molecular complexity index is 710. The summed E-state index contributed by atoms with van der Waals surface area (Å²) < 4.78 is 0. The molecular weight excluding hydrogens is 286 g/mol. The lowest BCUT2D eigenvalue weighted by Gasteiger charge is -2.06. The summed E-state index contributed by atoms with van der Waals surface area (Å²) in [6, 6.07) is 14.3. The van der Waals surface area contributed by atoms with Gasteiger partial charge >= 0.3 is 0 Å². The predicted octanol–water partition coefficient (Wildman–Crippen LogP) is 2.68. The average Bonchev–Trinajstić information content (AvgIpc) is 2.82. The van der Waals surface area contributed by atoms with E-state index in [2.05, 4.69) is 10.5 Å². The van der Waals surface area contributed by atoms with E-state index < -0.39 is 0 Å². The molecule has 0 bridgehead atoms. The van der Waals surface area contributed by atoms with Crippen molar-refractivity contribution in [1.29, 1.82) is 0 Å². The van der Waals surface area contributed by atoms with Gasteiger partial charge in [0.15, 0.2) is 0 Å². The summed E-state index contributed by atoms with van der Waals surface area (Å²) in [6.07, 6.45) is 0.665. The molecule has 0 aliphatic heterocycles. The lowest BCUT2D eigenvalue weighted by atomic mass is 10.1. The highest BCUT2D eigenvalue weighted by molar-refractivity contribution is 6.30. The Labute approximate surface area is 127 Å². The second kappa shape index (κ2) is 5.68. The number of carbonyl (C=O) groups is 1. The minimum Gasteiger partial charge on any atom is -0.319 e. The zero-order valence-electron chi connectivity index (χ0n) is 11.2. The number of nitrogens with one attached hydrogen (secondary N) is 1. The van der Waals surface area contributed by atoms with E-state index in [1.807, 2.05) is 24.3 Å². The molecule has 4 nitrogen and oxygen atoms in total. The number of benzene rings is 2. The van der Waals surface area contributed by atoms with Crippen LogP contribution in [-0.4, -0.2) is 11.6 Å². The minimum atomic E-state index is -0.276. The number of fused-ring (bicyclic) bond motifs is 1. The van der Waals surface area contributed by atoms with Crippen LogP contribution in [0.1, 0.15) is 27.5 Å². The highest BCUT2D eigenvalue weighted by Crippen LogP contribution is 2.26. The molecule has 1 atom stereocenters. The van der Waals surface area contributed by atoms with Crippen molar-refractivity contribution < 1.29 is 4.79 Å². The van der Waals surface area contributed by atoms with Crippen molar-refractivity contribution in [2.45, 2.75) is 12.5 Å². The van der Waals surface area contributed by atoms with Crippen molar-refractivity contribution in [3.63, 3.8) is 0 Å². The zero-order valence-corrected chi connectivity index (χ0v) is 12.0. The number of rotatable bonds is 2. The minimum absolute atomic E-state index is 0.258. The Balaban J connectivity index is 1.73. The van der Waals surface area contributed by atoms with Crippen LogP contribution in [0.25, 0.3) is 0 Å². The SMILES string of the molecule is NC1/C(=N\NC(=O)c2ccc(Cl)cc2)Cc2ccccc21. The third-order valence-electron chi connectivity index (χ3n) is 3.53. The number of halogens is 1. The van der Waals surface area contributed by atoms with Crippen LogP contribution in [0.3, 0.4) is 0 Å². The molecule has 3 rings (SSSR count). The molecule has 1 amide bonds. The Hall–Kier alpha value is -2.17. The fourth-order valence-corrected chi connectivity index (χ4v) is 2.51. The number of amides is 1. The van der Waals surface area contributed by atoms with Gasteiger partial charge in [0.25, 0.3) is 5.91 Å². The van der Waals surface area contributed by atoms with E-state index in [0.29, 0.717) is 17.0 Å². The molecular formula is C16H14ClN3O. The van der Waals surface area contributed by atoms with Gasteiger partial charge in [0.2, 0.25) is 0 Å². The fraction of sp³-hybridized carbons (Fsp3) is 0.125. The molecule has 0 heterocycles. The Morgan fingerprint density at radius 1 is 1.19 bits per heavy atom. The van der Waals surface area contributed by atoms with Crippen LogP contribution < -0.4 is 11.2 Å². The molecule has 5 heteroatoms. The molecule has 21 heavy (non-hydrogen) atoms. The summed E-state index contributed by atoms with van der Waals surface area (Å²) in [6.45, 7) is 0. The van der Waals surface area contributed by atoms with Crippen LogP contribution >= 0.6 is 11.6 Å². The first-order chi connectivity index (χ1) is 10.1. The second-order valence-electron chi connectivity index (χ2n) is 4.90. The summed E-state index contributed by atoms with van der Waals surface area (Å²) in [7, 11) is 0. The normalized spacial score (nSPS) is 18.6. The van der Waals surface area contributed by atoms with Gasteiger partial charge in [0, 0.05) is 17.0 Å². The number of nitrogens with zero attached hydrogens (tertiary/aromatic N) is 1. The molecule has 0 aromatic heterocycles. The van der Waals surface area contributed by atoms with E-state index in [0.717, 1.165) is 16.8 Å². The molecule has 2 aromatic rings. The van der Waals surface area contributed by atoms with Crippen molar-refractivity contribution in [1.82, 2.24) is 5.43 Å². The van der Waals surface area contributed by atoms with E-state index in [1.165, 1.54) is 0 Å². The van der Waals surface area contributed by atoms with E-state index in [4.69, 9.17) is 17.3 Å². The Kier molecular flexibility index (Phi) is 3.73. The van der Waals surface area contributed by atoms with E-state index in [1.54, 1.807) is 24.3 Å². The number of nitrogens with two attached hydrogens (primary N) is 1. The van der Waals surface area contributed by atoms with Gasteiger partial charge in [0.1, 0.15) is 0 Å². The second-order valence-corrected chi connectivity index (χ2v) is 5.34. The largest absolute Gasteiger partial charge is 0.319 e. The topological polar surface area (TPSA) is 67.5 Å². The van der Waals surface area contributed by atoms with Gasteiger partial charge in [-0.3, -0.25) is 4.79 Å². The maximum Gasteiger partial charge on any atom is 0.271 e. The fourth-order valence-electron chi connectivity index (χ4n) is 2.38. The lowest BCUT2D eigenvalue weighted by Crippen LogP contribution is -2.24. The number of hydrazone groups is 1. The van der Waals surface area contributed by atoms with Crippen molar-refractivity contribution in [2.24, 2.45) is 10.8 Å². The van der Waals surface area contributed by atoms with Gasteiger partial charge in [-0.25, -0.2) is 5.43 Å². The standard InChI is InChI=1S/C16H14ClN3O/c17-12-7-5-10(6-8-12)16(21)20-19-14-9-11-3-1-2-4-13(11)15(14)18/h1-8,15H,9,18H2,(H,20,21)/b19-14-. The first-order valence-corrected chi connectivity index (χ1v) is 6.98. The molecule has 0 fully saturated rings. The molecule has 0 radical (unpaired) electrons. The maximum absolute atomic E-state index is 12.0. The first kappa shape index (κ1) is 13.8. The monoisotopic (exact) mass is 299 g/mol. The van der Waals surface area contributed by atoms with Crippen LogP contribution in [0.2, 0.25) is 5.02 Å². The Morgan fingerprint density at radius 2 is 1.90 bits per heavy atom. The van der Waals surface area contributed by atoms with Gasteiger partial charge in [-0.05, 0) is 35.4 Å². The third-order valence-corrected chi connectivity index (χ3v) is 3.78. The number of hydrogen-bond acceptors (Lipinski definition) is 3. The maximum atomic E-state index is 12.0. The molecule has 1 aliphatic carbocycles. The highest BCUT2D eigenvalue weighted by Gasteiger charge is 2.25. The highest BCUT2D eigenvalue weighted by atomic mass is 35.5. The van der Waals surface area contributed by atoms with E-state index in [-0.39, 0.29) is 11.9 Å². The van der Waals surface area contributed by atoms with Crippen LogP contribution in [0.15, 0.2) is 53.6 Å². The predicted molar refractivity (Wildman–Crippen MR) is 83.4 cm³/mol. The lowest BCUT2D eigenvalue weighted by molar-refractivity contribution is 0.0954. The van der Waals surface area contributed by atoms with Crippen molar-refractivity contribution >= 4 is 23.2 Å². The van der Waals surface area contributed by atoms with Crippen LogP contribution in [0, 0.1) is 0 Å². The zero-order chi connectivity index (χ0) is 14.8. The summed E-state index contributed by atoms with van der Waals surface area (Å²) in [5.74, 6) is -0.276. The molecule has 1 aliphatic rings. The first-order valence-electron chi connectivity index (χ1n) is 6.61. The van der Waals surface area contributed by atoms with Crippen LogP contribution in [-0.2, 0) is 6.42 Å². The van der Waals surface area contributed by atoms with Crippen LogP contribution in [0.4, 0.5) is 0 Å². The van der Waals surface area contributed by atoms with Gasteiger partial charge in [0.05, 0.1) is 11.8 Å². The summed E-state index contributed by atoms with van der Waals surface area (Å²) in [5, 5.41) is 4.77. The molecule has 0 spiro atoms. The molecule has 106 valence electrons. The molecule has 1 unspecified atom stereocenters. The molecule has 0 saturated carbocycles. The van der Waals surface area contributed by atoms with Gasteiger partial charge in [-0.15, -0.1) is 0 Å². The number of hydrogen-bond donors (Lipinski definition) is 2. The van der Waals surface area contributed by atoms with E-state index in [9.17, 15) is 4.79 Å². The van der Waals surface area contributed by atoms with Crippen LogP contribution in [0.5, 0.6) is 0 Å². The van der Waals surface area contributed by atoms with Crippen molar-refractivity contribution in [3.05, 3.63) is 70.2 Å². The smallest absolute Gasteiger partial charge is 0.271 e. The van der Waals surface area contributed by atoms with Gasteiger partial charge in [-0.2, -0.15) is 5.10 Å². The van der Waals surface area contributed by atoms with Crippen molar-refractivity contribution in [2.75, 3.05) is 0 Å². The summed E-state index contributed by atoms with van der Waals surface area (Å²) >= 11 is 5.79. The summed E-state index contributed by atoms with van der Waals surface area (Å²) in [5.41, 5.74) is 12.2. The molecule has 2 aromatic carbocycles. The van der Waals surface area contributed by atoms with E-state index >= 15 is 0 Å². The molecule has 3 N–H and O–H groups in total. The average molecular weight is 300 g/mol.